The summed E-state index contributed by atoms with van der Waals surface area (Å²) in [6.07, 6.45) is 5.23. The molecule has 0 saturated heterocycles. The number of rotatable bonds is 6. The third-order valence-corrected chi connectivity index (χ3v) is 3.58. The molecule has 5 nitrogen and oxygen atoms in total. The number of carbonyl (C=O) groups is 1. The fourth-order valence-electron chi connectivity index (χ4n) is 1.79. The molecule has 0 aliphatic rings. The van der Waals surface area contributed by atoms with Crippen molar-refractivity contribution in [1.82, 2.24) is 15.4 Å². The Labute approximate surface area is 139 Å². The highest BCUT2D eigenvalue weighted by Gasteiger charge is 2.04. The molecule has 0 bridgehead atoms. The molecule has 0 saturated carbocycles. The number of benzene rings is 1. The molecule has 0 atom stereocenters. The van der Waals surface area contributed by atoms with Crippen molar-refractivity contribution in [3.63, 3.8) is 0 Å². The van der Waals surface area contributed by atoms with Gasteiger partial charge in [-0.3, -0.25) is 4.79 Å². The fraction of sp³-hybridized carbons (Fsp3) is 0.176. The highest BCUT2D eigenvalue weighted by Crippen LogP contribution is 2.13. The van der Waals surface area contributed by atoms with Crippen LogP contribution >= 0.6 is 11.8 Å². The molecule has 0 spiro atoms. The van der Waals surface area contributed by atoms with Gasteiger partial charge in [-0.05, 0) is 31.6 Å². The molecule has 1 aromatic heterocycles. The van der Waals surface area contributed by atoms with Gasteiger partial charge >= 0.3 is 0 Å². The second-order valence-corrected chi connectivity index (χ2v) is 5.75. The molecule has 1 aromatic carbocycles. The molecular weight excluding hydrogens is 308 g/mol. The Morgan fingerprint density at radius 3 is 2.61 bits per heavy atom. The van der Waals surface area contributed by atoms with Gasteiger partial charge in [0.2, 0.25) is 0 Å². The Morgan fingerprint density at radius 1 is 1.22 bits per heavy atom. The van der Waals surface area contributed by atoms with Gasteiger partial charge in [0.05, 0.1) is 5.75 Å². The summed E-state index contributed by atoms with van der Waals surface area (Å²) in [5.74, 6) is 0.0324. The molecule has 6 heteroatoms. The molecule has 1 amide bonds. The van der Waals surface area contributed by atoms with E-state index in [9.17, 15) is 4.79 Å². The van der Waals surface area contributed by atoms with Crippen LogP contribution in [0.4, 0.5) is 0 Å². The number of aryl methyl sites for hydroxylation is 2. The standard InChI is InChI=1S/C17H18N4OS/c1-13-11-14(2)20-17(19-13)23-12-16(22)21-18-10-6-9-15-7-4-3-5-8-15/h3-11H,12H2,1-2H3,(H,21,22)/b9-6+,18-10+. The summed E-state index contributed by atoms with van der Waals surface area (Å²) < 4.78 is 0. The third kappa shape index (κ3) is 6.44. The normalized spacial score (nSPS) is 11.2. The molecule has 2 aromatic rings. The molecule has 2 rings (SSSR count). The van der Waals surface area contributed by atoms with Gasteiger partial charge in [0.1, 0.15) is 0 Å². The zero-order valence-corrected chi connectivity index (χ0v) is 13.9. The highest BCUT2D eigenvalue weighted by atomic mass is 32.2. The van der Waals surface area contributed by atoms with Crippen molar-refractivity contribution in [3.8, 4) is 0 Å². The first-order valence-corrected chi connectivity index (χ1v) is 8.11. The quantitative estimate of drug-likeness (QED) is 0.383. The van der Waals surface area contributed by atoms with Crippen molar-refractivity contribution in [1.29, 1.82) is 0 Å². The number of carbonyl (C=O) groups excluding carboxylic acids is 1. The van der Waals surface area contributed by atoms with Crippen molar-refractivity contribution < 1.29 is 4.79 Å². The van der Waals surface area contributed by atoms with Crippen molar-refractivity contribution in [3.05, 3.63) is 59.4 Å². The van der Waals surface area contributed by atoms with Crippen LogP contribution in [0.15, 0.2) is 52.7 Å². The molecule has 23 heavy (non-hydrogen) atoms. The average molecular weight is 326 g/mol. The monoisotopic (exact) mass is 326 g/mol. The summed E-state index contributed by atoms with van der Waals surface area (Å²) in [4.78, 5) is 20.2. The van der Waals surface area contributed by atoms with E-state index in [4.69, 9.17) is 0 Å². The van der Waals surface area contributed by atoms with Crippen LogP contribution in [0.5, 0.6) is 0 Å². The zero-order valence-electron chi connectivity index (χ0n) is 13.1. The Kier molecular flexibility index (Phi) is 6.50. The van der Waals surface area contributed by atoms with Crippen LogP contribution in [0, 0.1) is 13.8 Å². The number of hydrogen-bond acceptors (Lipinski definition) is 5. The van der Waals surface area contributed by atoms with Crippen LogP contribution in [0.1, 0.15) is 17.0 Å². The SMILES string of the molecule is Cc1cc(C)nc(SCC(=O)N/N=C/C=C/c2ccccc2)n1. The first-order valence-electron chi connectivity index (χ1n) is 7.12. The smallest absolute Gasteiger partial charge is 0.250 e. The van der Waals surface area contributed by atoms with Gasteiger partial charge in [-0.25, -0.2) is 15.4 Å². The fourth-order valence-corrected chi connectivity index (χ4v) is 2.53. The number of allylic oxidation sites excluding steroid dienone is 1. The lowest BCUT2D eigenvalue weighted by atomic mass is 10.2. The van der Waals surface area contributed by atoms with E-state index in [1.165, 1.54) is 11.8 Å². The van der Waals surface area contributed by atoms with E-state index >= 15 is 0 Å². The largest absolute Gasteiger partial charge is 0.272 e. The third-order valence-electron chi connectivity index (χ3n) is 2.73. The van der Waals surface area contributed by atoms with Gasteiger partial charge in [-0.1, -0.05) is 48.2 Å². The minimum absolute atomic E-state index is 0.192. The van der Waals surface area contributed by atoms with Crippen LogP contribution in [-0.4, -0.2) is 27.8 Å². The van der Waals surface area contributed by atoms with Crippen molar-refractivity contribution in [2.75, 3.05) is 5.75 Å². The Balaban J connectivity index is 1.74. The molecule has 0 fully saturated rings. The maximum atomic E-state index is 11.7. The van der Waals surface area contributed by atoms with Crippen LogP contribution < -0.4 is 5.43 Å². The highest BCUT2D eigenvalue weighted by molar-refractivity contribution is 7.99. The van der Waals surface area contributed by atoms with Gasteiger partial charge in [0, 0.05) is 17.6 Å². The second-order valence-electron chi connectivity index (χ2n) is 4.80. The first-order chi connectivity index (χ1) is 11.1. The van der Waals surface area contributed by atoms with Crippen LogP contribution in [0.2, 0.25) is 0 Å². The van der Waals surface area contributed by atoms with Crippen molar-refractivity contribution in [2.24, 2.45) is 5.10 Å². The predicted molar refractivity (Wildman–Crippen MR) is 94.3 cm³/mol. The summed E-state index contributed by atoms with van der Waals surface area (Å²) in [5, 5.41) is 4.47. The number of hydrazone groups is 1. The maximum absolute atomic E-state index is 11.7. The molecule has 1 heterocycles. The Morgan fingerprint density at radius 2 is 1.91 bits per heavy atom. The topological polar surface area (TPSA) is 67.2 Å². The van der Waals surface area contributed by atoms with Crippen LogP contribution in [0.25, 0.3) is 6.08 Å². The zero-order chi connectivity index (χ0) is 16.5. The van der Waals surface area contributed by atoms with E-state index < -0.39 is 0 Å². The summed E-state index contributed by atoms with van der Waals surface area (Å²) >= 11 is 1.29. The molecule has 0 aliphatic carbocycles. The Bertz CT molecular complexity index is 694. The van der Waals surface area contributed by atoms with E-state index in [1.54, 1.807) is 12.3 Å². The number of thioether (sulfide) groups is 1. The lowest BCUT2D eigenvalue weighted by Crippen LogP contribution is -2.19. The van der Waals surface area contributed by atoms with Crippen molar-refractivity contribution in [2.45, 2.75) is 19.0 Å². The van der Waals surface area contributed by atoms with Gasteiger partial charge < -0.3 is 0 Å². The Hall–Kier alpha value is -2.47. The number of aromatic nitrogens is 2. The van der Waals surface area contributed by atoms with Crippen molar-refractivity contribution >= 4 is 30.0 Å². The van der Waals surface area contributed by atoms with E-state index in [0.29, 0.717) is 5.16 Å². The lowest BCUT2D eigenvalue weighted by molar-refractivity contribution is -0.118. The van der Waals surface area contributed by atoms with Gasteiger partial charge in [0.25, 0.3) is 5.91 Å². The van der Waals surface area contributed by atoms with E-state index in [2.05, 4.69) is 20.5 Å². The van der Waals surface area contributed by atoms with E-state index in [0.717, 1.165) is 17.0 Å². The molecule has 118 valence electrons. The van der Waals surface area contributed by atoms with E-state index in [1.807, 2.05) is 56.3 Å². The number of nitrogens with one attached hydrogen (secondary N) is 1. The number of nitrogens with zero attached hydrogens (tertiary/aromatic N) is 3. The average Bonchev–Trinajstić information content (AvgIpc) is 2.53. The molecule has 0 radical (unpaired) electrons. The van der Waals surface area contributed by atoms with Gasteiger partial charge in [-0.15, -0.1) is 0 Å². The summed E-state index contributed by atoms with van der Waals surface area (Å²) in [7, 11) is 0. The van der Waals surface area contributed by atoms with Crippen LogP contribution in [-0.2, 0) is 4.79 Å². The number of hydrogen-bond donors (Lipinski definition) is 1. The summed E-state index contributed by atoms with van der Waals surface area (Å²) in [6, 6.07) is 11.8. The number of amides is 1. The molecular formula is C17H18N4OS. The van der Waals surface area contributed by atoms with Gasteiger partial charge in [0.15, 0.2) is 5.16 Å². The second kappa shape index (κ2) is 8.85. The predicted octanol–water partition coefficient (Wildman–Crippen LogP) is 3.00. The first kappa shape index (κ1) is 16.9. The maximum Gasteiger partial charge on any atom is 0.250 e. The summed E-state index contributed by atoms with van der Waals surface area (Å²) in [6.45, 7) is 3.81. The minimum Gasteiger partial charge on any atom is -0.272 e. The molecule has 1 N–H and O–H groups in total. The molecule has 0 unspecified atom stereocenters. The lowest BCUT2D eigenvalue weighted by Gasteiger charge is -2.02. The van der Waals surface area contributed by atoms with Gasteiger partial charge in [-0.2, -0.15) is 5.10 Å². The minimum atomic E-state index is -0.192. The molecule has 0 aliphatic heterocycles. The van der Waals surface area contributed by atoms with Crippen LogP contribution in [0.3, 0.4) is 0 Å². The van der Waals surface area contributed by atoms with E-state index in [-0.39, 0.29) is 11.7 Å². The summed E-state index contributed by atoms with van der Waals surface area (Å²) in [5.41, 5.74) is 5.33.